The molecule has 1 saturated carbocycles. The smallest absolute Gasteiger partial charge is 0.259 e. The van der Waals surface area contributed by atoms with Crippen molar-refractivity contribution in [3.63, 3.8) is 0 Å². The van der Waals surface area contributed by atoms with E-state index in [4.69, 9.17) is 16.3 Å². The third-order valence-corrected chi connectivity index (χ3v) is 7.93. The van der Waals surface area contributed by atoms with Crippen molar-refractivity contribution >= 4 is 34.9 Å². The van der Waals surface area contributed by atoms with Crippen LogP contribution in [0.3, 0.4) is 0 Å². The number of carbonyl (C=O) groups excluding carboxylic acids is 2. The van der Waals surface area contributed by atoms with Crippen LogP contribution < -0.4 is 20.7 Å². The Morgan fingerprint density at radius 2 is 1.58 bits per heavy atom. The zero-order valence-corrected chi connectivity index (χ0v) is 25.2. The lowest BCUT2D eigenvalue weighted by molar-refractivity contribution is 0.101. The van der Waals surface area contributed by atoms with Crippen molar-refractivity contribution in [2.75, 3.05) is 10.6 Å². The molecule has 1 aliphatic rings. The van der Waals surface area contributed by atoms with Gasteiger partial charge in [0.05, 0.1) is 27.9 Å². The standard InChI is InChI=1S/C35H37ClN4O3/c1-23(2)25-12-18-30(32(20-25)43-28-16-14-27(15-17-28)37-21-24-8-4-3-5-9-24)35(42)39-31-11-7-6-10-29(31)34(41)40-33-19-13-26(36)22-38-33/h3-13,18-20,22-23,27-28,37H,14-17,21H2,1-2H3,(H,39,42)(H,38,40,41). The van der Waals surface area contributed by atoms with Crippen molar-refractivity contribution in [3.05, 3.63) is 118 Å². The van der Waals surface area contributed by atoms with Crippen LogP contribution in [0.2, 0.25) is 5.02 Å². The molecule has 3 N–H and O–H groups in total. The summed E-state index contributed by atoms with van der Waals surface area (Å²) in [5.74, 6) is 0.476. The van der Waals surface area contributed by atoms with E-state index in [2.05, 4.69) is 59.0 Å². The Hall–Kier alpha value is -4.20. The molecular formula is C35H37ClN4O3. The number of hydrogen-bond donors (Lipinski definition) is 3. The van der Waals surface area contributed by atoms with Gasteiger partial charge < -0.3 is 20.7 Å². The highest BCUT2D eigenvalue weighted by atomic mass is 35.5. The first kappa shape index (κ1) is 30.3. The Morgan fingerprint density at radius 1 is 0.860 bits per heavy atom. The number of para-hydroxylation sites is 1. The van der Waals surface area contributed by atoms with Crippen molar-refractivity contribution in [3.8, 4) is 5.75 Å². The van der Waals surface area contributed by atoms with Gasteiger partial charge in [0.2, 0.25) is 0 Å². The summed E-state index contributed by atoms with van der Waals surface area (Å²) in [5.41, 5.74) is 3.52. The van der Waals surface area contributed by atoms with Crippen molar-refractivity contribution in [2.24, 2.45) is 0 Å². The predicted molar refractivity (Wildman–Crippen MR) is 172 cm³/mol. The molecule has 5 rings (SSSR count). The third kappa shape index (κ3) is 8.21. The van der Waals surface area contributed by atoms with Gasteiger partial charge in [0.1, 0.15) is 11.6 Å². The molecule has 0 radical (unpaired) electrons. The first-order valence-corrected chi connectivity index (χ1v) is 15.1. The number of hydrogen-bond acceptors (Lipinski definition) is 5. The zero-order valence-electron chi connectivity index (χ0n) is 24.5. The van der Waals surface area contributed by atoms with Crippen LogP contribution >= 0.6 is 11.6 Å². The van der Waals surface area contributed by atoms with Crippen LogP contribution in [0.1, 0.15) is 77.3 Å². The van der Waals surface area contributed by atoms with E-state index in [1.165, 1.54) is 11.8 Å². The summed E-state index contributed by atoms with van der Waals surface area (Å²) in [6.07, 6.45) is 5.30. The topological polar surface area (TPSA) is 92.4 Å². The number of halogens is 1. The summed E-state index contributed by atoms with van der Waals surface area (Å²) in [7, 11) is 0. The number of amides is 2. The second-order valence-electron chi connectivity index (χ2n) is 11.2. The first-order chi connectivity index (χ1) is 20.9. The highest BCUT2D eigenvalue weighted by Gasteiger charge is 2.25. The number of rotatable bonds is 10. The van der Waals surface area contributed by atoms with Gasteiger partial charge in [-0.1, -0.05) is 74.0 Å². The van der Waals surface area contributed by atoms with Crippen LogP contribution in [0.4, 0.5) is 11.5 Å². The lowest BCUT2D eigenvalue weighted by Gasteiger charge is -2.30. The maximum Gasteiger partial charge on any atom is 0.259 e. The molecule has 0 atom stereocenters. The molecular weight excluding hydrogens is 560 g/mol. The number of ether oxygens (including phenoxy) is 1. The highest BCUT2D eigenvalue weighted by molar-refractivity contribution is 6.30. The van der Waals surface area contributed by atoms with E-state index >= 15 is 0 Å². The summed E-state index contributed by atoms with van der Waals surface area (Å²) in [6, 6.07) is 26.8. The normalized spacial score (nSPS) is 16.5. The molecule has 0 spiro atoms. The Labute approximate surface area is 258 Å². The lowest BCUT2D eigenvalue weighted by atomic mass is 9.92. The van der Waals surface area contributed by atoms with E-state index < -0.39 is 5.91 Å². The molecule has 7 nitrogen and oxygen atoms in total. The third-order valence-electron chi connectivity index (χ3n) is 7.71. The van der Waals surface area contributed by atoms with Crippen molar-refractivity contribution in [1.29, 1.82) is 0 Å². The van der Waals surface area contributed by atoms with Crippen molar-refractivity contribution < 1.29 is 14.3 Å². The van der Waals surface area contributed by atoms with Gasteiger partial charge in [-0.2, -0.15) is 0 Å². The van der Waals surface area contributed by atoms with Crippen LogP contribution in [0, 0.1) is 0 Å². The van der Waals surface area contributed by atoms with Gasteiger partial charge in [-0.15, -0.1) is 0 Å². The minimum absolute atomic E-state index is 0.0219. The van der Waals surface area contributed by atoms with Gasteiger partial charge in [-0.25, -0.2) is 4.98 Å². The van der Waals surface area contributed by atoms with E-state index in [0.717, 1.165) is 37.8 Å². The average Bonchev–Trinajstić information content (AvgIpc) is 3.02. The number of nitrogens with zero attached hydrogens (tertiary/aromatic N) is 1. The quantitative estimate of drug-likeness (QED) is 0.173. The Bertz CT molecular complexity index is 1530. The van der Waals surface area contributed by atoms with Crippen LogP contribution in [-0.2, 0) is 6.54 Å². The molecule has 4 aromatic rings. The van der Waals surface area contributed by atoms with E-state index in [0.29, 0.717) is 39.4 Å². The van der Waals surface area contributed by atoms with E-state index in [-0.39, 0.29) is 17.9 Å². The molecule has 43 heavy (non-hydrogen) atoms. The van der Waals surface area contributed by atoms with Crippen LogP contribution in [0.15, 0.2) is 91.1 Å². The number of carbonyl (C=O) groups is 2. The summed E-state index contributed by atoms with van der Waals surface area (Å²) in [6.45, 7) is 5.09. The highest BCUT2D eigenvalue weighted by Crippen LogP contribution is 2.31. The van der Waals surface area contributed by atoms with Crippen LogP contribution in [0.25, 0.3) is 0 Å². The average molecular weight is 597 g/mol. The Morgan fingerprint density at radius 3 is 2.30 bits per heavy atom. The van der Waals surface area contributed by atoms with Gasteiger partial charge in [-0.3, -0.25) is 9.59 Å². The number of benzene rings is 3. The Balaban J connectivity index is 1.26. The summed E-state index contributed by atoms with van der Waals surface area (Å²) >= 11 is 5.91. The van der Waals surface area contributed by atoms with E-state index in [1.807, 2.05) is 24.3 Å². The van der Waals surface area contributed by atoms with Crippen molar-refractivity contribution in [2.45, 2.75) is 64.1 Å². The minimum atomic E-state index is -0.394. The second-order valence-corrected chi connectivity index (χ2v) is 11.6. The Kier molecular flexibility index (Phi) is 10.1. The maximum absolute atomic E-state index is 13.6. The fourth-order valence-corrected chi connectivity index (χ4v) is 5.33. The molecule has 1 heterocycles. The molecule has 1 aromatic heterocycles. The lowest BCUT2D eigenvalue weighted by Crippen LogP contribution is -2.36. The molecule has 0 saturated heterocycles. The van der Waals surface area contributed by atoms with Gasteiger partial charge in [0.25, 0.3) is 11.8 Å². The van der Waals surface area contributed by atoms with E-state index in [9.17, 15) is 9.59 Å². The largest absolute Gasteiger partial charge is 0.490 e. The van der Waals surface area contributed by atoms with Gasteiger partial charge in [-0.05, 0) is 79.1 Å². The summed E-state index contributed by atoms with van der Waals surface area (Å²) in [4.78, 5) is 30.8. The maximum atomic E-state index is 13.6. The molecule has 222 valence electrons. The predicted octanol–water partition coefficient (Wildman–Crippen LogP) is 7.84. The van der Waals surface area contributed by atoms with Gasteiger partial charge >= 0.3 is 0 Å². The SMILES string of the molecule is CC(C)c1ccc(C(=O)Nc2ccccc2C(=O)Nc2ccc(Cl)cn2)c(OC2CCC(NCc3ccccc3)CC2)c1. The van der Waals surface area contributed by atoms with Gasteiger partial charge in [0.15, 0.2) is 0 Å². The molecule has 1 aliphatic carbocycles. The molecule has 1 fully saturated rings. The first-order valence-electron chi connectivity index (χ1n) is 14.8. The molecule has 8 heteroatoms. The molecule has 0 aliphatic heterocycles. The van der Waals surface area contributed by atoms with Crippen LogP contribution in [-0.4, -0.2) is 28.9 Å². The fraction of sp³-hybridized carbons (Fsp3) is 0.286. The molecule has 3 aromatic carbocycles. The monoisotopic (exact) mass is 596 g/mol. The van der Waals surface area contributed by atoms with Crippen molar-refractivity contribution in [1.82, 2.24) is 10.3 Å². The number of nitrogens with one attached hydrogen (secondary N) is 3. The second kappa shape index (κ2) is 14.3. The summed E-state index contributed by atoms with van der Waals surface area (Å²) in [5, 5.41) is 9.84. The van der Waals surface area contributed by atoms with E-state index in [1.54, 1.807) is 36.4 Å². The van der Waals surface area contributed by atoms with Gasteiger partial charge in [0, 0.05) is 18.8 Å². The molecule has 2 amide bonds. The zero-order chi connectivity index (χ0) is 30.2. The van der Waals surface area contributed by atoms with Crippen LogP contribution in [0.5, 0.6) is 5.75 Å². The molecule has 0 bridgehead atoms. The number of aromatic nitrogens is 1. The summed E-state index contributed by atoms with van der Waals surface area (Å²) < 4.78 is 6.53. The molecule has 0 unspecified atom stereocenters. The fourth-order valence-electron chi connectivity index (χ4n) is 5.22. The number of anilines is 2. The minimum Gasteiger partial charge on any atom is -0.490 e. The number of pyridine rings is 1.